The molecule has 1 saturated heterocycles. The average Bonchev–Trinajstić information content (AvgIpc) is 3.20. The second kappa shape index (κ2) is 11.7. The molecule has 1 amide bonds. The number of ether oxygens (including phenoxy) is 1. The number of fused-ring (bicyclic) bond motifs is 1. The molecule has 0 saturated carbocycles. The Bertz CT molecular complexity index is 1510. The molecule has 0 radical (unpaired) electrons. The van der Waals surface area contributed by atoms with E-state index in [2.05, 4.69) is 0 Å². The Kier molecular flexibility index (Phi) is 8.02. The van der Waals surface area contributed by atoms with Crippen LogP contribution in [0.5, 0.6) is 11.5 Å². The Hall–Kier alpha value is -4.67. The molecule has 5 rings (SSSR count). The van der Waals surface area contributed by atoms with E-state index in [0.717, 1.165) is 0 Å². The summed E-state index contributed by atoms with van der Waals surface area (Å²) in [7, 11) is -4.54. The number of rotatable bonds is 11. The summed E-state index contributed by atoms with van der Waals surface area (Å²) in [5.74, 6) is -2.82. The average molecular weight is 595 g/mol. The highest BCUT2D eigenvalue weighted by atomic mass is 31.2. The normalized spacial score (nSPS) is 20.3. The van der Waals surface area contributed by atoms with Gasteiger partial charge in [0, 0.05) is 18.1 Å². The summed E-state index contributed by atoms with van der Waals surface area (Å²) in [6.45, 7) is 2.87. The van der Waals surface area contributed by atoms with Crippen LogP contribution >= 0.6 is 7.82 Å². The van der Waals surface area contributed by atoms with E-state index in [4.69, 9.17) is 18.3 Å². The first kappa shape index (κ1) is 28.8. The third kappa shape index (κ3) is 5.72. The monoisotopic (exact) mass is 594 g/mol. The molecule has 218 valence electrons. The first-order valence-corrected chi connectivity index (χ1v) is 14.5. The zero-order valence-corrected chi connectivity index (χ0v) is 23.5. The van der Waals surface area contributed by atoms with Crippen LogP contribution in [-0.2, 0) is 30.0 Å². The molecule has 13 heteroatoms. The van der Waals surface area contributed by atoms with Crippen molar-refractivity contribution in [2.24, 2.45) is 11.8 Å². The van der Waals surface area contributed by atoms with E-state index >= 15 is 0 Å². The molecule has 4 atom stereocenters. The number of aliphatic hydroxyl groups is 1. The predicted octanol–water partition coefficient (Wildman–Crippen LogP) is 4.99. The number of non-ortho nitro benzene ring substituents is 1. The van der Waals surface area contributed by atoms with Crippen LogP contribution in [0, 0.1) is 22.0 Å². The fourth-order valence-electron chi connectivity index (χ4n) is 4.96. The Balaban J connectivity index is 1.48. The summed E-state index contributed by atoms with van der Waals surface area (Å²) < 4.78 is 37.0. The van der Waals surface area contributed by atoms with E-state index in [9.17, 15) is 29.4 Å². The standard InChI is InChI=1S/C29H27N2O10P/c1-18-25-24(19(2)32)28(33)30(25)26(29(34)38-17-20-13-15-21(16-14-20)31(35)36)27(18)41-42(37,39-22-9-5-3-6-10-22)40-23-11-7-4-8-12-23/h3-16,18-19,24-25,32H,17H2,1-2H3/t18?,19?,24-,25-/m0/s1. The molecule has 2 heterocycles. The maximum Gasteiger partial charge on any atom is 0.646 e. The molecule has 42 heavy (non-hydrogen) atoms. The molecular weight excluding hydrogens is 567 g/mol. The number of nitro benzene ring substituents is 1. The van der Waals surface area contributed by atoms with Crippen LogP contribution in [-0.4, -0.2) is 39.0 Å². The maximum absolute atomic E-state index is 14.2. The van der Waals surface area contributed by atoms with E-state index in [0.29, 0.717) is 5.56 Å². The number of phosphoric ester groups is 1. The molecule has 1 N–H and O–H groups in total. The number of amides is 1. The van der Waals surface area contributed by atoms with Crippen molar-refractivity contribution in [1.82, 2.24) is 4.90 Å². The molecule has 0 bridgehead atoms. The minimum Gasteiger partial charge on any atom is -0.456 e. The fraction of sp³-hybridized carbons (Fsp3) is 0.241. The van der Waals surface area contributed by atoms with Gasteiger partial charge in [0.1, 0.15) is 23.9 Å². The number of para-hydroxylation sites is 2. The summed E-state index contributed by atoms with van der Waals surface area (Å²) in [6.07, 6.45) is -1.02. The lowest BCUT2D eigenvalue weighted by molar-refractivity contribution is -0.384. The molecule has 12 nitrogen and oxygen atoms in total. The summed E-state index contributed by atoms with van der Waals surface area (Å²) in [4.78, 5) is 38.1. The lowest BCUT2D eigenvalue weighted by Crippen LogP contribution is -2.63. The number of nitrogens with zero attached hydrogens (tertiary/aromatic N) is 2. The topological polar surface area (TPSA) is 155 Å². The SMILES string of the molecule is CC(O)[C@@H]1C(=O)N2C(C(=O)OCc3ccc([N+](=O)[O-])cc3)=C(OP(=O)(Oc3ccccc3)Oc3ccccc3)C(C)[C@@H]12. The van der Waals surface area contributed by atoms with Gasteiger partial charge in [0.2, 0.25) is 5.91 Å². The molecule has 0 aliphatic carbocycles. The van der Waals surface area contributed by atoms with Crippen LogP contribution in [0.1, 0.15) is 19.4 Å². The lowest BCUT2D eigenvalue weighted by atomic mass is 9.79. The molecule has 0 aromatic heterocycles. The van der Waals surface area contributed by atoms with Crippen molar-refractivity contribution in [1.29, 1.82) is 0 Å². The van der Waals surface area contributed by atoms with E-state index in [1.807, 2.05) is 0 Å². The molecule has 2 aliphatic rings. The number of aliphatic hydroxyl groups excluding tert-OH is 1. The van der Waals surface area contributed by atoms with Crippen LogP contribution in [0.2, 0.25) is 0 Å². The van der Waals surface area contributed by atoms with E-state index < -0.39 is 48.6 Å². The van der Waals surface area contributed by atoms with Gasteiger partial charge in [0.15, 0.2) is 5.70 Å². The van der Waals surface area contributed by atoms with Crippen LogP contribution in [0.15, 0.2) is 96.4 Å². The number of β-lactam (4-membered cyclic amide) rings is 1. The van der Waals surface area contributed by atoms with Crippen LogP contribution in [0.3, 0.4) is 0 Å². The number of benzene rings is 3. The van der Waals surface area contributed by atoms with E-state index in [1.165, 1.54) is 36.1 Å². The van der Waals surface area contributed by atoms with Gasteiger partial charge in [-0.05, 0) is 48.9 Å². The third-order valence-electron chi connectivity index (χ3n) is 6.95. The van der Waals surface area contributed by atoms with Crippen molar-refractivity contribution in [2.75, 3.05) is 0 Å². The maximum atomic E-state index is 14.2. The molecule has 1 fully saturated rings. The van der Waals surface area contributed by atoms with Crippen molar-refractivity contribution >= 4 is 25.4 Å². The Morgan fingerprint density at radius 3 is 2.02 bits per heavy atom. The van der Waals surface area contributed by atoms with Crippen molar-refractivity contribution < 1.29 is 42.5 Å². The van der Waals surface area contributed by atoms with Gasteiger partial charge in [-0.1, -0.05) is 43.3 Å². The first-order valence-electron chi connectivity index (χ1n) is 13.0. The van der Waals surface area contributed by atoms with Gasteiger partial charge >= 0.3 is 13.8 Å². The highest BCUT2D eigenvalue weighted by Gasteiger charge is 2.62. The van der Waals surface area contributed by atoms with Crippen LogP contribution < -0.4 is 9.05 Å². The van der Waals surface area contributed by atoms with Crippen molar-refractivity contribution in [3.05, 3.63) is 112 Å². The van der Waals surface area contributed by atoms with Crippen LogP contribution in [0.4, 0.5) is 5.69 Å². The largest absolute Gasteiger partial charge is 0.646 e. The quantitative estimate of drug-likeness (QED) is 0.106. The number of hydrogen-bond acceptors (Lipinski definition) is 10. The Morgan fingerprint density at radius 2 is 1.52 bits per heavy atom. The number of carbonyl (C=O) groups is 2. The van der Waals surface area contributed by atoms with Crippen molar-refractivity contribution in [3.63, 3.8) is 0 Å². The van der Waals surface area contributed by atoms with Gasteiger partial charge in [-0.25, -0.2) is 4.79 Å². The van der Waals surface area contributed by atoms with Gasteiger partial charge in [0.05, 0.1) is 23.0 Å². The number of phosphoric acid groups is 1. The molecule has 2 aliphatic heterocycles. The van der Waals surface area contributed by atoms with Gasteiger partial charge in [-0.2, -0.15) is 4.57 Å². The zero-order chi connectivity index (χ0) is 30.0. The number of esters is 1. The van der Waals surface area contributed by atoms with Gasteiger partial charge < -0.3 is 23.4 Å². The Morgan fingerprint density at radius 1 is 0.976 bits per heavy atom. The lowest BCUT2D eigenvalue weighted by Gasteiger charge is -2.46. The van der Waals surface area contributed by atoms with Crippen molar-refractivity contribution in [2.45, 2.75) is 32.6 Å². The van der Waals surface area contributed by atoms with Gasteiger partial charge in [0.25, 0.3) is 5.69 Å². The highest BCUT2D eigenvalue weighted by molar-refractivity contribution is 7.49. The summed E-state index contributed by atoms with van der Waals surface area (Å²) in [6, 6.07) is 21.1. The minimum atomic E-state index is -4.54. The third-order valence-corrected chi connectivity index (χ3v) is 8.24. The molecule has 0 spiro atoms. The summed E-state index contributed by atoms with van der Waals surface area (Å²) >= 11 is 0. The molecule has 3 aromatic carbocycles. The molecule has 2 unspecified atom stereocenters. The smallest absolute Gasteiger partial charge is 0.456 e. The predicted molar refractivity (Wildman–Crippen MR) is 148 cm³/mol. The second-order valence-electron chi connectivity index (χ2n) is 9.81. The molecule has 3 aromatic rings. The zero-order valence-electron chi connectivity index (χ0n) is 22.6. The first-order chi connectivity index (χ1) is 20.1. The van der Waals surface area contributed by atoms with Gasteiger partial charge in [-0.15, -0.1) is 0 Å². The Labute approximate surface area is 240 Å². The van der Waals surface area contributed by atoms with Crippen molar-refractivity contribution in [3.8, 4) is 11.5 Å². The second-order valence-corrected chi connectivity index (χ2v) is 11.3. The number of hydrogen-bond donors (Lipinski definition) is 1. The van der Waals surface area contributed by atoms with Gasteiger partial charge in [-0.3, -0.25) is 19.8 Å². The fourth-order valence-corrected chi connectivity index (χ4v) is 6.33. The number of nitro groups is 1. The summed E-state index contributed by atoms with van der Waals surface area (Å²) in [5.41, 5.74) is 0.0469. The summed E-state index contributed by atoms with van der Waals surface area (Å²) in [5, 5.41) is 21.2. The van der Waals surface area contributed by atoms with E-state index in [-0.39, 0.29) is 35.2 Å². The van der Waals surface area contributed by atoms with Crippen LogP contribution in [0.25, 0.3) is 0 Å². The van der Waals surface area contributed by atoms with E-state index in [1.54, 1.807) is 67.6 Å². The molecular formula is C29H27N2O10P. The minimum absolute atomic E-state index is 0.126. The number of carbonyl (C=O) groups excluding carboxylic acids is 2. The highest BCUT2D eigenvalue weighted by Crippen LogP contribution is 2.57.